The molecule has 12 heavy (non-hydrogen) atoms. The van der Waals surface area contributed by atoms with E-state index in [1.807, 2.05) is 0 Å². The molecule has 7 nitrogen and oxygen atoms in total. The first-order valence-electron chi connectivity index (χ1n) is 2.78. The number of hydrogen-bond donors (Lipinski definition) is 2. The SMILES string of the molecule is C=CC(=O)OCCO.O=[N+]([O-])O. The molecule has 0 radical (unpaired) electrons. The van der Waals surface area contributed by atoms with E-state index in [2.05, 4.69) is 11.3 Å². The number of esters is 1. The fourth-order valence-electron chi connectivity index (χ4n) is 0.205. The predicted octanol–water partition coefficient (Wildman–Crippen LogP) is -0.640. The van der Waals surface area contributed by atoms with Crippen LogP contribution in [-0.2, 0) is 9.53 Å². The topological polar surface area (TPSA) is 110 Å². The van der Waals surface area contributed by atoms with Crippen LogP contribution in [0.5, 0.6) is 0 Å². The molecule has 0 aromatic heterocycles. The molecule has 0 spiro atoms. The smallest absolute Gasteiger partial charge is 0.330 e. The summed E-state index contributed by atoms with van der Waals surface area (Å²) in [4.78, 5) is 18.5. The summed E-state index contributed by atoms with van der Waals surface area (Å²) in [6.07, 6.45) is 1.05. The van der Waals surface area contributed by atoms with E-state index >= 15 is 0 Å². The lowest BCUT2D eigenvalue weighted by atomic mass is 10.6. The van der Waals surface area contributed by atoms with Crippen LogP contribution in [0.4, 0.5) is 0 Å². The van der Waals surface area contributed by atoms with Gasteiger partial charge < -0.3 is 15.1 Å². The molecule has 2 N–H and O–H groups in total. The number of ether oxygens (including phenoxy) is 1. The van der Waals surface area contributed by atoms with Gasteiger partial charge in [-0.25, -0.2) is 4.79 Å². The van der Waals surface area contributed by atoms with Gasteiger partial charge in [-0.2, -0.15) is 0 Å². The van der Waals surface area contributed by atoms with Crippen LogP contribution >= 0.6 is 0 Å². The molecule has 0 aliphatic carbocycles. The molecule has 0 saturated heterocycles. The molecule has 0 bridgehead atoms. The molecule has 0 saturated carbocycles. The van der Waals surface area contributed by atoms with Crippen LogP contribution in [0.2, 0.25) is 0 Å². The van der Waals surface area contributed by atoms with Crippen molar-refractivity contribution >= 4 is 5.97 Å². The maximum absolute atomic E-state index is 10.1. The predicted molar refractivity (Wildman–Crippen MR) is 37.0 cm³/mol. The van der Waals surface area contributed by atoms with Gasteiger partial charge in [0.15, 0.2) is 0 Å². The van der Waals surface area contributed by atoms with Gasteiger partial charge in [-0.1, -0.05) is 6.58 Å². The van der Waals surface area contributed by atoms with Crippen molar-refractivity contribution < 1.29 is 24.9 Å². The number of aliphatic hydroxyl groups excluding tert-OH is 1. The molecule has 0 atom stereocenters. The Morgan fingerprint density at radius 1 is 1.75 bits per heavy atom. The first-order valence-corrected chi connectivity index (χ1v) is 2.78. The summed E-state index contributed by atoms with van der Waals surface area (Å²) in [6.45, 7) is 3.06. The van der Waals surface area contributed by atoms with Crippen molar-refractivity contribution in [2.45, 2.75) is 0 Å². The normalized spacial score (nSPS) is 7.42. The highest BCUT2D eigenvalue weighted by Gasteiger charge is 1.90. The molecule has 0 aliphatic rings. The maximum Gasteiger partial charge on any atom is 0.330 e. The molecule has 70 valence electrons. The Morgan fingerprint density at radius 3 is 2.42 bits per heavy atom. The summed E-state index contributed by atoms with van der Waals surface area (Å²) in [5.74, 6) is -0.501. The van der Waals surface area contributed by atoms with Crippen molar-refractivity contribution in [2.75, 3.05) is 13.2 Å². The highest BCUT2D eigenvalue weighted by molar-refractivity contribution is 5.81. The molecule has 0 heterocycles. The van der Waals surface area contributed by atoms with E-state index in [4.69, 9.17) is 20.4 Å². The van der Waals surface area contributed by atoms with E-state index in [-0.39, 0.29) is 13.2 Å². The molecule has 0 unspecified atom stereocenters. The number of carbonyl (C=O) groups is 1. The molecule has 0 rings (SSSR count). The fraction of sp³-hybridized carbons (Fsp3) is 0.400. The standard InChI is InChI=1S/C5H8O3.HNO3/c1-2-5(7)8-4-3-6;2-1(3)4/h2,6H,1,3-4H2;(H,2,3,4). The van der Waals surface area contributed by atoms with Crippen LogP contribution in [0.1, 0.15) is 0 Å². The van der Waals surface area contributed by atoms with Gasteiger partial charge >= 0.3 is 5.97 Å². The van der Waals surface area contributed by atoms with Crippen molar-refractivity contribution in [3.8, 4) is 0 Å². The number of rotatable bonds is 3. The lowest BCUT2D eigenvalue weighted by Gasteiger charge is -1.94. The van der Waals surface area contributed by atoms with Gasteiger partial charge in [-0.3, -0.25) is 0 Å². The summed E-state index contributed by atoms with van der Waals surface area (Å²) in [5, 5.41) is 21.7. The molecule has 0 aromatic rings. The second-order valence-corrected chi connectivity index (χ2v) is 1.33. The minimum absolute atomic E-state index is 0.0465. The monoisotopic (exact) mass is 179 g/mol. The van der Waals surface area contributed by atoms with Gasteiger partial charge in [-0.15, -0.1) is 10.1 Å². The second-order valence-electron chi connectivity index (χ2n) is 1.33. The van der Waals surface area contributed by atoms with E-state index in [1.165, 1.54) is 0 Å². The molecule has 0 aliphatic heterocycles. The van der Waals surface area contributed by atoms with Crippen LogP contribution in [0.25, 0.3) is 0 Å². The number of carbonyl (C=O) groups excluding carboxylic acids is 1. The summed E-state index contributed by atoms with van der Waals surface area (Å²) in [5.41, 5.74) is 0. The molecule has 0 fully saturated rings. The zero-order valence-corrected chi connectivity index (χ0v) is 6.17. The maximum atomic E-state index is 10.1. The minimum atomic E-state index is -1.50. The zero-order valence-electron chi connectivity index (χ0n) is 6.17. The van der Waals surface area contributed by atoms with Gasteiger partial charge in [-0.05, 0) is 0 Å². The Bertz CT molecular complexity index is 152. The number of nitrogens with zero attached hydrogens (tertiary/aromatic N) is 1. The Kier molecular flexibility index (Phi) is 10.1. The van der Waals surface area contributed by atoms with Gasteiger partial charge in [0.05, 0.1) is 6.61 Å². The largest absolute Gasteiger partial charge is 0.460 e. The van der Waals surface area contributed by atoms with Crippen LogP contribution < -0.4 is 0 Å². The minimum Gasteiger partial charge on any atom is -0.460 e. The van der Waals surface area contributed by atoms with E-state index in [9.17, 15) is 4.79 Å². The third-order valence-corrected chi connectivity index (χ3v) is 0.502. The van der Waals surface area contributed by atoms with Crippen LogP contribution in [-0.4, -0.2) is 34.6 Å². The molecule has 0 aromatic carbocycles. The van der Waals surface area contributed by atoms with E-state index in [0.29, 0.717) is 0 Å². The lowest BCUT2D eigenvalue weighted by molar-refractivity contribution is -0.742. The van der Waals surface area contributed by atoms with Gasteiger partial charge in [0, 0.05) is 6.08 Å². The Hall–Kier alpha value is -1.63. The van der Waals surface area contributed by atoms with Crippen molar-refractivity contribution in [1.82, 2.24) is 0 Å². The highest BCUT2D eigenvalue weighted by Crippen LogP contribution is 1.75. The summed E-state index contributed by atoms with van der Waals surface area (Å²) >= 11 is 0. The third-order valence-electron chi connectivity index (χ3n) is 0.502. The van der Waals surface area contributed by atoms with Gasteiger partial charge in [0.2, 0.25) is 0 Å². The van der Waals surface area contributed by atoms with Crippen molar-refractivity contribution in [3.63, 3.8) is 0 Å². The van der Waals surface area contributed by atoms with E-state index < -0.39 is 11.1 Å². The lowest BCUT2D eigenvalue weighted by Crippen LogP contribution is -2.04. The summed E-state index contributed by atoms with van der Waals surface area (Å²) in [6, 6.07) is 0. The number of hydrogen-bond acceptors (Lipinski definition) is 5. The Balaban J connectivity index is 0. The molecule has 7 heteroatoms. The van der Waals surface area contributed by atoms with Crippen molar-refractivity contribution in [2.24, 2.45) is 0 Å². The number of aliphatic hydroxyl groups is 1. The van der Waals surface area contributed by atoms with Crippen LogP contribution in [0, 0.1) is 10.1 Å². The van der Waals surface area contributed by atoms with E-state index in [1.54, 1.807) is 0 Å². The molecular formula is C5H9NO6. The Morgan fingerprint density at radius 2 is 2.17 bits per heavy atom. The molecular weight excluding hydrogens is 170 g/mol. The van der Waals surface area contributed by atoms with Gasteiger partial charge in [0.1, 0.15) is 6.61 Å². The zero-order chi connectivity index (χ0) is 9.98. The van der Waals surface area contributed by atoms with Gasteiger partial charge in [0.25, 0.3) is 5.09 Å². The quantitative estimate of drug-likeness (QED) is 0.258. The summed E-state index contributed by atoms with van der Waals surface area (Å²) < 4.78 is 4.33. The Labute approximate surface area is 68.0 Å². The van der Waals surface area contributed by atoms with Crippen LogP contribution in [0.3, 0.4) is 0 Å². The summed E-state index contributed by atoms with van der Waals surface area (Å²) in [7, 11) is 0. The fourth-order valence-corrected chi connectivity index (χ4v) is 0.205. The average Bonchev–Trinajstić information content (AvgIpc) is 1.99. The van der Waals surface area contributed by atoms with Crippen molar-refractivity contribution in [3.05, 3.63) is 22.8 Å². The average molecular weight is 179 g/mol. The highest BCUT2D eigenvalue weighted by atomic mass is 16.9. The van der Waals surface area contributed by atoms with Crippen molar-refractivity contribution in [1.29, 1.82) is 0 Å². The third kappa shape index (κ3) is 23.8. The first-order chi connectivity index (χ1) is 5.54. The second kappa shape index (κ2) is 9.37. The van der Waals surface area contributed by atoms with E-state index in [0.717, 1.165) is 6.08 Å². The molecule has 0 amide bonds. The van der Waals surface area contributed by atoms with Crippen LogP contribution in [0.15, 0.2) is 12.7 Å². The first kappa shape index (κ1) is 13.0.